The SMILES string of the molecule is N#Cc1ccccc1COc1cccc(C(=O)NCC(=O)Nc2ccc(Cl)cc2)c1. The molecule has 7 heteroatoms. The van der Waals surface area contributed by atoms with Crippen LogP contribution in [0.4, 0.5) is 5.69 Å². The van der Waals surface area contributed by atoms with Crippen molar-refractivity contribution in [2.24, 2.45) is 0 Å². The normalized spacial score (nSPS) is 10.0. The summed E-state index contributed by atoms with van der Waals surface area (Å²) in [5, 5.41) is 15.0. The van der Waals surface area contributed by atoms with Crippen molar-refractivity contribution in [3.8, 4) is 11.8 Å². The van der Waals surface area contributed by atoms with E-state index in [9.17, 15) is 9.59 Å². The zero-order chi connectivity index (χ0) is 21.3. The number of halogens is 1. The van der Waals surface area contributed by atoms with Crippen LogP contribution in [-0.2, 0) is 11.4 Å². The third-order valence-electron chi connectivity index (χ3n) is 4.17. The van der Waals surface area contributed by atoms with Crippen LogP contribution >= 0.6 is 11.6 Å². The first kappa shape index (κ1) is 20.9. The largest absolute Gasteiger partial charge is 0.489 e. The summed E-state index contributed by atoms with van der Waals surface area (Å²) in [5.74, 6) is -0.267. The Kier molecular flexibility index (Phi) is 7.04. The van der Waals surface area contributed by atoms with Crippen molar-refractivity contribution in [1.29, 1.82) is 5.26 Å². The van der Waals surface area contributed by atoms with Crippen molar-refractivity contribution in [3.05, 3.63) is 94.5 Å². The maximum atomic E-state index is 12.4. The molecule has 0 atom stereocenters. The molecule has 0 aromatic heterocycles. The van der Waals surface area contributed by atoms with Gasteiger partial charge in [0.2, 0.25) is 5.91 Å². The number of hydrogen-bond donors (Lipinski definition) is 2. The molecule has 0 saturated heterocycles. The van der Waals surface area contributed by atoms with Crippen LogP contribution in [-0.4, -0.2) is 18.4 Å². The van der Waals surface area contributed by atoms with Crippen LogP contribution in [0, 0.1) is 11.3 Å². The Morgan fingerprint density at radius 1 is 1.00 bits per heavy atom. The summed E-state index contributed by atoms with van der Waals surface area (Å²) < 4.78 is 5.72. The van der Waals surface area contributed by atoms with E-state index in [4.69, 9.17) is 21.6 Å². The van der Waals surface area contributed by atoms with Crippen molar-refractivity contribution in [3.63, 3.8) is 0 Å². The van der Waals surface area contributed by atoms with E-state index in [-0.39, 0.29) is 19.1 Å². The Morgan fingerprint density at radius 2 is 1.77 bits per heavy atom. The maximum Gasteiger partial charge on any atom is 0.251 e. The highest BCUT2D eigenvalue weighted by Gasteiger charge is 2.10. The van der Waals surface area contributed by atoms with Gasteiger partial charge in [-0.1, -0.05) is 35.9 Å². The molecule has 0 radical (unpaired) electrons. The first-order chi connectivity index (χ1) is 14.5. The number of hydrogen-bond acceptors (Lipinski definition) is 4. The first-order valence-corrected chi connectivity index (χ1v) is 9.47. The molecule has 0 aliphatic rings. The van der Waals surface area contributed by atoms with Crippen molar-refractivity contribution < 1.29 is 14.3 Å². The number of anilines is 1. The van der Waals surface area contributed by atoms with Crippen molar-refractivity contribution >= 4 is 29.1 Å². The zero-order valence-electron chi connectivity index (χ0n) is 15.9. The van der Waals surface area contributed by atoms with Gasteiger partial charge in [-0.15, -0.1) is 0 Å². The lowest BCUT2D eigenvalue weighted by Crippen LogP contribution is -2.32. The van der Waals surface area contributed by atoms with Crippen molar-refractivity contribution in [2.45, 2.75) is 6.61 Å². The Hall–Kier alpha value is -3.82. The molecule has 2 N–H and O–H groups in total. The van der Waals surface area contributed by atoms with Crippen LogP contribution in [0.2, 0.25) is 5.02 Å². The third kappa shape index (κ3) is 5.84. The van der Waals surface area contributed by atoms with Crippen LogP contribution < -0.4 is 15.4 Å². The molecule has 0 aliphatic carbocycles. The minimum absolute atomic E-state index is 0.178. The Balaban J connectivity index is 1.54. The van der Waals surface area contributed by atoms with Gasteiger partial charge in [-0.05, 0) is 48.5 Å². The predicted molar refractivity (Wildman–Crippen MR) is 114 cm³/mol. The van der Waals surface area contributed by atoms with Crippen molar-refractivity contribution in [1.82, 2.24) is 5.32 Å². The summed E-state index contributed by atoms with van der Waals surface area (Å²) in [7, 11) is 0. The van der Waals surface area contributed by atoms with Gasteiger partial charge in [0, 0.05) is 21.8 Å². The molecular weight excluding hydrogens is 402 g/mol. The number of nitrogens with zero attached hydrogens (tertiary/aromatic N) is 1. The highest BCUT2D eigenvalue weighted by Crippen LogP contribution is 2.17. The number of nitriles is 1. The smallest absolute Gasteiger partial charge is 0.251 e. The number of ether oxygens (including phenoxy) is 1. The van der Waals surface area contributed by atoms with E-state index in [1.165, 1.54) is 0 Å². The van der Waals surface area contributed by atoms with Gasteiger partial charge in [0.15, 0.2) is 0 Å². The standard InChI is InChI=1S/C23H18ClN3O3/c24-19-8-10-20(11-9-19)27-22(28)14-26-23(29)16-6-3-7-21(12-16)30-15-18-5-2-1-4-17(18)13-25/h1-12H,14-15H2,(H,26,29)(H,27,28). The number of carbonyl (C=O) groups excluding carboxylic acids is 2. The van der Waals surface area contributed by atoms with Gasteiger partial charge in [-0.2, -0.15) is 5.26 Å². The number of amides is 2. The number of nitrogens with one attached hydrogen (secondary N) is 2. The first-order valence-electron chi connectivity index (χ1n) is 9.09. The van der Waals surface area contributed by atoms with Crippen molar-refractivity contribution in [2.75, 3.05) is 11.9 Å². The lowest BCUT2D eigenvalue weighted by molar-refractivity contribution is -0.115. The molecule has 2 amide bonds. The minimum Gasteiger partial charge on any atom is -0.489 e. The van der Waals surface area contributed by atoms with Gasteiger partial charge in [-0.25, -0.2) is 0 Å². The van der Waals surface area contributed by atoms with E-state index in [2.05, 4.69) is 16.7 Å². The molecular formula is C23H18ClN3O3. The fraction of sp³-hybridized carbons (Fsp3) is 0.0870. The second kappa shape index (κ2) is 10.1. The molecule has 6 nitrogen and oxygen atoms in total. The molecule has 0 unspecified atom stereocenters. The van der Waals surface area contributed by atoms with Crippen LogP contribution in [0.1, 0.15) is 21.5 Å². The summed E-state index contributed by atoms with van der Waals surface area (Å²) >= 11 is 5.81. The molecule has 0 fully saturated rings. The van der Waals surface area contributed by atoms with Crippen LogP contribution in [0.15, 0.2) is 72.8 Å². The molecule has 0 heterocycles. The minimum atomic E-state index is -0.399. The van der Waals surface area contributed by atoms with Gasteiger partial charge >= 0.3 is 0 Å². The van der Waals surface area contributed by atoms with Gasteiger partial charge in [0.1, 0.15) is 12.4 Å². The molecule has 0 bridgehead atoms. The van der Waals surface area contributed by atoms with E-state index in [0.29, 0.717) is 27.6 Å². The van der Waals surface area contributed by atoms with E-state index in [1.54, 1.807) is 60.7 Å². The number of carbonyl (C=O) groups is 2. The molecule has 3 rings (SSSR count). The highest BCUT2D eigenvalue weighted by molar-refractivity contribution is 6.30. The van der Waals surface area contributed by atoms with Gasteiger partial charge in [-0.3, -0.25) is 9.59 Å². The van der Waals surface area contributed by atoms with Crippen LogP contribution in [0.25, 0.3) is 0 Å². The summed E-state index contributed by atoms with van der Waals surface area (Å²) in [4.78, 5) is 24.4. The van der Waals surface area contributed by atoms with Gasteiger partial charge < -0.3 is 15.4 Å². The Bertz CT molecular complexity index is 1090. The molecule has 150 valence electrons. The Labute approximate surface area is 179 Å². The van der Waals surface area contributed by atoms with Crippen LogP contribution in [0.3, 0.4) is 0 Å². The average Bonchev–Trinajstić information content (AvgIpc) is 2.78. The van der Waals surface area contributed by atoms with Crippen LogP contribution in [0.5, 0.6) is 5.75 Å². The predicted octanol–water partition coefficient (Wildman–Crippen LogP) is 4.16. The van der Waals surface area contributed by atoms with E-state index in [0.717, 1.165) is 5.56 Å². The number of benzene rings is 3. The van der Waals surface area contributed by atoms with E-state index in [1.807, 2.05) is 12.1 Å². The third-order valence-corrected chi connectivity index (χ3v) is 4.42. The second-order valence-corrected chi connectivity index (χ2v) is 6.76. The van der Waals surface area contributed by atoms with E-state index < -0.39 is 5.91 Å². The number of rotatable bonds is 7. The average molecular weight is 420 g/mol. The zero-order valence-corrected chi connectivity index (χ0v) is 16.6. The summed E-state index contributed by atoms with van der Waals surface area (Å²) in [6, 6.07) is 22.6. The monoisotopic (exact) mass is 419 g/mol. The summed E-state index contributed by atoms with van der Waals surface area (Å²) in [6.07, 6.45) is 0. The molecule has 3 aromatic rings. The Morgan fingerprint density at radius 3 is 2.53 bits per heavy atom. The topological polar surface area (TPSA) is 91.2 Å². The molecule has 3 aromatic carbocycles. The van der Waals surface area contributed by atoms with Gasteiger partial charge in [0.05, 0.1) is 18.2 Å². The lowest BCUT2D eigenvalue weighted by Gasteiger charge is -2.10. The summed E-state index contributed by atoms with van der Waals surface area (Å²) in [6.45, 7) is 0.0282. The molecule has 0 saturated carbocycles. The summed E-state index contributed by atoms with van der Waals surface area (Å²) in [5.41, 5.74) is 2.25. The fourth-order valence-electron chi connectivity index (χ4n) is 2.64. The quantitative estimate of drug-likeness (QED) is 0.601. The lowest BCUT2D eigenvalue weighted by atomic mass is 10.1. The van der Waals surface area contributed by atoms with E-state index >= 15 is 0 Å². The fourth-order valence-corrected chi connectivity index (χ4v) is 2.77. The maximum absolute atomic E-state index is 12.4. The highest BCUT2D eigenvalue weighted by atomic mass is 35.5. The molecule has 0 aliphatic heterocycles. The second-order valence-electron chi connectivity index (χ2n) is 6.32. The van der Waals surface area contributed by atoms with Gasteiger partial charge in [0.25, 0.3) is 5.91 Å². The molecule has 30 heavy (non-hydrogen) atoms. The molecule has 0 spiro atoms.